The lowest BCUT2D eigenvalue weighted by Crippen LogP contribution is -2.45. The van der Waals surface area contributed by atoms with Gasteiger partial charge in [-0.3, -0.25) is 9.59 Å². The van der Waals surface area contributed by atoms with Crippen molar-refractivity contribution in [2.75, 3.05) is 13.2 Å². The number of nitrogens with one attached hydrogen (secondary N) is 1. The van der Waals surface area contributed by atoms with E-state index in [0.717, 1.165) is 83.5 Å². The number of amides is 1. The van der Waals surface area contributed by atoms with Crippen LogP contribution >= 0.6 is 0 Å². The number of esters is 1. The Morgan fingerprint density at radius 2 is 0.712 bits per heavy atom. The van der Waals surface area contributed by atoms with Crippen LogP contribution in [0.2, 0.25) is 0 Å². The summed E-state index contributed by atoms with van der Waals surface area (Å²) in [6.45, 7) is 4.85. The Hall–Kier alpha value is -1.92. The minimum absolute atomic E-state index is 0.0271. The van der Waals surface area contributed by atoms with Gasteiger partial charge in [0.25, 0.3) is 0 Å². The molecule has 66 heavy (non-hydrogen) atoms. The summed E-state index contributed by atoms with van der Waals surface area (Å²) in [6, 6.07) is -0.648. The van der Waals surface area contributed by atoms with E-state index in [1.807, 2.05) is 6.08 Å². The molecule has 0 aromatic rings. The lowest BCUT2D eigenvalue weighted by molar-refractivity contribution is -0.143. The van der Waals surface area contributed by atoms with Gasteiger partial charge in [0.1, 0.15) is 0 Å². The summed E-state index contributed by atoms with van der Waals surface area (Å²) in [4.78, 5) is 24.5. The zero-order valence-corrected chi connectivity index (χ0v) is 44.2. The average molecular weight is 929 g/mol. The number of aliphatic hydroxyl groups excluding tert-OH is 2. The average Bonchev–Trinajstić information content (AvgIpc) is 3.32. The number of ether oxygens (including phenoxy) is 1. The van der Waals surface area contributed by atoms with Gasteiger partial charge in [0.05, 0.1) is 25.4 Å². The van der Waals surface area contributed by atoms with Gasteiger partial charge < -0.3 is 20.3 Å². The fraction of sp³-hybridized carbons (Fsp3) is 0.867. The Morgan fingerprint density at radius 3 is 1.08 bits per heavy atom. The Balaban J connectivity index is 3.52. The summed E-state index contributed by atoms with van der Waals surface area (Å²) >= 11 is 0. The van der Waals surface area contributed by atoms with Crippen LogP contribution in [0.5, 0.6) is 0 Å². The minimum atomic E-state index is -0.862. The number of rotatable bonds is 54. The van der Waals surface area contributed by atoms with Gasteiger partial charge >= 0.3 is 5.97 Å². The Kier molecular flexibility index (Phi) is 54.1. The quantitative estimate of drug-likeness (QED) is 0.0321. The molecule has 0 aromatic heterocycles. The van der Waals surface area contributed by atoms with Gasteiger partial charge in [-0.25, -0.2) is 0 Å². The summed E-state index contributed by atoms with van der Waals surface area (Å²) in [7, 11) is 0. The maximum absolute atomic E-state index is 12.5. The van der Waals surface area contributed by atoms with E-state index in [4.69, 9.17) is 4.74 Å². The van der Waals surface area contributed by atoms with Gasteiger partial charge in [0.2, 0.25) is 5.91 Å². The maximum Gasteiger partial charge on any atom is 0.305 e. The van der Waals surface area contributed by atoms with Crippen molar-refractivity contribution in [3.63, 3.8) is 0 Å². The molecule has 3 N–H and O–H groups in total. The zero-order chi connectivity index (χ0) is 47.9. The van der Waals surface area contributed by atoms with Gasteiger partial charge in [-0.2, -0.15) is 0 Å². The van der Waals surface area contributed by atoms with E-state index in [-0.39, 0.29) is 18.5 Å². The lowest BCUT2D eigenvalue weighted by atomic mass is 10.0. The minimum Gasteiger partial charge on any atom is -0.466 e. The van der Waals surface area contributed by atoms with Crippen molar-refractivity contribution in [3.8, 4) is 0 Å². The molecule has 0 aliphatic rings. The SMILES string of the molecule is CCCCCCCCC/C=C\CCCCCCCCCC(=O)OCCCCC/C=C\CCCCCCCC(=O)NC(CO)C(O)/C=C/CCCCCCCCCCCCCCCCCCC. The molecule has 0 radical (unpaired) electrons. The fourth-order valence-corrected chi connectivity index (χ4v) is 8.86. The number of carbonyl (C=O) groups excluding carboxylic acids is 2. The normalized spacial score (nSPS) is 12.8. The summed E-state index contributed by atoms with van der Waals surface area (Å²) in [6.07, 6.45) is 68.8. The van der Waals surface area contributed by atoms with Crippen LogP contribution in [-0.2, 0) is 14.3 Å². The maximum atomic E-state index is 12.5. The lowest BCUT2D eigenvalue weighted by Gasteiger charge is -2.20. The molecule has 6 heteroatoms. The summed E-state index contributed by atoms with van der Waals surface area (Å²) < 4.78 is 5.46. The van der Waals surface area contributed by atoms with E-state index in [2.05, 4.69) is 43.5 Å². The summed E-state index contributed by atoms with van der Waals surface area (Å²) in [5.41, 5.74) is 0. The first-order chi connectivity index (χ1) is 32.5. The number of allylic oxidation sites excluding steroid dienone is 5. The van der Waals surface area contributed by atoms with Crippen molar-refractivity contribution < 1.29 is 24.5 Å². The third-order valence-electron chi connectivity index (χ3n) is 13.4. The molecule has 0 heterocycles. The van der Waals surface area contributed by atoms with Gasteiger partial charge in [-0.05, 0) is 89.9 Å². The van der Waals surface area contributed by atoms with Crippen LogP contribution in [0.1, 0.15) is 309 Å². The molecule has 0 spiro atoms. The van der Waals surface area contributed by atoms with E-state index < -0.39 is 12.1 Å². The van der Waals surface area contributed by atoms with Crippen molar-refractivity contribution in [3.05, 3.63) is 36.5 Å². The molecule has 2 unspecified atom stereocenters. The number of aliphatic hydroxyl groups is 2. The molecule has 0 aliphatic carbocycles. The molecular formula is C60H113NO5. The molecule has 0 rings (SSSR count). The van der Waals surface area contributed by atoms with Crippen LogP contribution in [0.25, 0.3) is 0 Å². The second-order valence-corrected chi connectivity index (χ2v) is 20.0. The van der Waals surface area contributed by atoms with Crippen molar-refractivity contribution >= 4 is 11.9 Å². The molecule has 0 aliphatic heterocycles. The molecule has 0 fully saturated rings. The Bertz CT molecular complexity index is 1070. The van der Waals surface area contributed by atoms with Gasteiger partial charge in [0.15, 0.2) is 0 Å². The van der Waals surface area contributed by atoms with Crippen LogP contribution in [0.4, 0.5) is 0 Å². The van der Waals surface area contributed by atoms with Gasteiger partial charge in [0, 0.05) is 12.8 Å². The van der Waals surface area contributed by atoms with Gasteiger partial charge in [-0.15, -0.1) is 0 Å². The number of hydrogen-bond donors (Lipinski definition) is 3. The highest BCUT2D eigenvalue weighted by Gasteiger charge is 2.18. The predicted octanol–water partition coefficient (Wildman–Crippen LogP) is 18.0. The molecule has 1 amide bonds. The highest BCUT2D eigenvalue weighted by molar-refractivity contribution is 5.76. The van der Waals surface area contributed by atoms with E-state index >= 15 is 0 Å². The highest BCUT2D eigenvalue weighted by atomic mass is 16.5. The smallest absolute Gasteiger partial charge is 0.305 e. The van der Waals surface area contributed by atoms with Crippen LogP contribution < -0.4 is 5.32 Å². The fourth-order valence-electron chi connectivity index (χ4n) is 8.86. The topological polar surface area (TPSA) is 95.9 Å². The second-order valence-electron chi connectivity index (χ2n) is 20.0. The molecule has 0 bridgehead atoms. The van der Waals surface area contributed by atoms with E-state index in [9.17, 15) is 19.8 Å². The van der Waals surface area contributed by atoms with Crippen LogP contribution in [-0.4, -0.2) is 47.4 Å². The monoisotopic (exact) mass is 928 g/mol. The first-order valence-electron chi connectivity index (χ1n) is 29.3. The third kappa shape index (κ3) is 51.5. The van der Waals surface area contributed by atoms with Gasteiger partial charge in [-0.1, -0.05) is 243 Å². The van der Waals surface area contributed by atoms with Crippen LogP contribution in [0.15, 0.2) is 36.5 Å². The molecule has 388 valence electrons. The van der Waals surface area contributed by atoms with Crippen LogP contribution in [0, 0.1) is 0 Å². The summed E-state index contributed by atoms with van der Waals surface area (Å²) in [5, 5.41) is 23.1. The predicted molar refractivity (Wildman–Crippen MR) is 287 cm³/mol. The van der Waals surface area contributed by atoms with Crippen molar-refractivity contribution in [1.29, 1.82) is 0 Å². The van der Waals surface area contributed by atoms with E-state index in [0.29, 0.717) is 19.4 Å². The standard InChI is InChI=1S/C60H113NO5/c1-3-5-7-9-11-13-15-17-19-21-23-24-26-28-32-36-40-44-48-52-58(63)57(56-62)61-59(64)53-49-45-41-37-33-30-31-35-39-43-47-51-55-66-60(65)54-50-46-42-38-34-29-27-25-22-20-18-16-14-12-10-8-6-4-2/h20,22,31,35,48,52,57-58,62-63H,3-19,21,23-30,32-34,36-47,49-51,53-56H2,1-2H3,(H,61,64)/b22-20-,35-31-,52-48+. The largest absolute Gasteiger partial charge is 0.466 e. The second kappa shape index (κ2) is 55.7. The van der Waals surface area contributed by atoms with Crippen molar-refractivity contribution in [2.45, 2.75) is 321 Å². The number of hydrogen-bond acceptors (Lipinski definition) is 5. The summed E-state index contributed by atoms with van der Waals surface area (Å²) in [5.74, 6) is -0.120. The Labute approximate surface area is 411 Å². The molecule has 2 atom stereocenters. The molecule has 0 saturated heterocycles. The van der Waals surface area contributed by atoms with Crippen LogP contribution in [0.3, 0.4) is 0 Å². The third-order valence-corrected chi connectivity index (χ3v) is 13.4. The molecule has 0 aromatic carbocycles. The molecular weight excluding hydrogens is 815 g/mol. The molecule has 0 saturated carbocycles. The first kappa shape index (κ1) is 64.1. The highest BCUT2D eigenvalue weighted by Crippen LogP contribution is 2.16. The van der Waals surface area contributed by atoms with E-state index in [1.54, 1.807) is 6.08 Å². The van der Waals surface area contributed by atoms with E-state index in [1.165, 1.54) is 199 Å². The molecule has 6 nitrogen and oxygen atoms in total. The van der Waals surface area contributed by atoms with Crippen molar-refractivity contribution in [2.24, 2.45) is 0 Å². The Morgan fingerprint density at radius 1 is 0.409 bits per heavy atom. The first-order valence-corrected chi connectivity index (χ1v) is 29.3. The van der Waals surface area contributed by atoms with Crippen molar-refractivity contribution in [1.82, 2.24) is 5.32 Å². The zero-order valence-electron chi connectivity index (χ0n) is 44.2. The number of unbranched alkanes of at least 4 members (excludes halogenated alkanes) is 39. The number of carbonyl (C=O) groups is 2.